The van der Waals surface area contributed by atoms with E-state index in [2.05, 4.69) is 15.3 Å². The molecule has 82 valence electrons. The van der Waals surface area contributed by atoms with Crippen molar-refractivity contribution in [3.63, 3.8) is 0 Å². The number of anilines is 1. The second-order valence-electron chi connectivity index (χ2n) is 3.17. The average molecular weight is 221 g/mol. The number of hydrogen-bond donors (Lipinski definition) is 1. The molecule has 0 aliphatic heterocycles. The second-order valence-corrected chi connectivity index (χ2v) is 3.17. The Kier molecular flexibility index (Phi) is 3.05. The summed E-state index contributed by atoms with van der Waals surface area (Å²) in [6.07, 6.45) is 2.10. The monoisotopic (exact) mass is 221 g/mol. The van der Waals surface area contributed by atoms with Crippen LogP contribution in [0.15, 0.2) is 36.7 Å². The van der Waals surface area contributed by atoms with Crippen molar-refractivity contribution in [2.24, 2.45) is 0 Å². The maximum Gasteiger partial charge on any atom is 0.223 e. The van der Waals surface area contributed by atoms with Gasteiger partial charge in [-0.1, -0.05) is 18.2 Å². The fraction of sp³-hybridized carbons (Fsp3) is 0.0909. The van der Waals surface area contributed by atoms with Gasteiger partial charge in [0.05, 0.1) is 12.4 Å². The van der Waals surface area contributed by atoms with Crippen molar-refractivity contribution in [1.82, 2.24) is 9.97 Å². The highest BCUT2D eigenvalue weighted by Gasteiger charge is 2.01. The van der Waals surface area contributed by atoms with Crippen LogP contribution in [-0.4, -0.2) is 9.97 Å². The topological polar surface area (TPSA) is 37.8 Å². The van der Waals surface area contributed by atoms with E-state index in [1.54, 1.807) is 18.2 Å². The summed E-state index contributed by atoms with van der Waals surface area (Å²) in [5.41, 5.74) is 0.510. The third kappa shape index (κ3) is 2.50. The molecule has 3 nitrogen and oxygen atoms in total. The van der Waals surface area contributed by atoms with Crippen LogP contribution in [0.25, 0.3) is 0 Å². The van der Waals surface area contributed by atoms with Gasteiger partial charge in [0.25, 0.3) is 0 Å². The zero-order valence-corrected chi connectivity index (χ0v) is 8.32. The minimum atomic E-state index is -0.503. The van der Waals surface area contributed by atoms with E-state index >= 15 is 0 Å². The molecule has 0 radical (unpaired) electrons. The highest BCUT2D eigenvalue weighted by atomic mass is 19.1. The quantitative estimate of drug-likeness (QED) is 0.864. The van der Waals surface area contributed by atoms with Crippen molar-refractivity contribution >= 4 is 5.95 Å². The zero-order valence-electron chi connectivity index (χ0n) is 8.32. The van der Waals surface area contributed by atoms with E-state index < -0.39 is 5.82 Å². The molecule has 16 heavy (non-hydrogen) atoms. The summed E-state index contributed by atoms with van der Waals surface area (Å²) in [7, 11) is 0. The summed E-state index contributed by atoms with van der Waals surface area (Å²) in [4.78, 5) is 7.41. The fourth-order valence-electron chi connectivity index (χ4n) is 1.22. The minimum Gasteiger partial charge on any atom is -0.350 e. The summed E-state index contributed by atoms with van der Waals surface area (Å²) in [6.45, 7) is 0.262. The number of nitrogens with zero attached hydrogens (tertiary/aromatic N) is 2. The van der Waals surface area contributed by atoms with E-state index in [0.29, 0.717) is 5.56 Å². The summed E-state index contributed by atoms with van der Waals surface area (Å²) < 4.78 is 25.7. The number of aromatic nitrogens is 2. The molecule has 0 aliphatic carbocycles. The van der Waals surface area contributed by atoms with E-state index in [-0.39, 0.29) is 18.3 Å². The molecule has 0 saturated carbocycles. The lowest BCUT2D eigenvalue weighted by Gasteiger charge is -2.04. The standard InChI is InChI=1S/C11H9F2N3/c12-9-6-15-11(16-7-9)14-5-8-3-1-2-4-10(8)13/h1-4,6-7H,5H2,(H,14,15,16). The third-order valence-corrected chi connectivity index (χ3v) is 2.02. The first kappa shape index (κ1) is 10.5. The fourth-order valence-corrected chi connectivity index (χ4v) is 1.22. The van der Waals surface area contributed by atoms with Gasteiger partial charge in [0.2, 0.25) is 5.95 Å². The smallest absolute Gasteiger partial charge is 0.223 e. The van der Waals surface area contributed by atoms with E-state index in [0.717, 1.165) is 12.4 Å². The van der Waals surface area contributed by atoms with Crippen LogP contribution in [0.2, 0.25) is 0 Å². The summed E-state index contributed by atoms with van der Waals surface area (Å²) in [5, 5.41) is 2.80. The van der Waals surface area contributed by atoms with Gasteiger partial charge in [0.15, 0.2) is 5.82 Å². The number of hydrogen-bond acceptors (Lipinski definition) is 3. The Balaban J connectivity index is 2.02. The molecule has 0 bridgehead atoms. The Hall–Kier alpha value is -2.04. The maximum absolute atomic E-state index is 13.2. The molecule has 1 aromatic heterocycles. The van der Waals surface area contributed by atoms with E-state index in [9.17, 15) is 8.78 Å². The largest absolute Gasteiger partial charge is 0.350 e. The Labute approximate surface area is 91.2 Å². The van der Waals surface area contributed by atoms with Gasteiger partial charge in [-0.3, -0.25) is 0 Å². The van der Waals surface area contributed by atoms with E-state index in [1.165, 1.54) is 6.07 Å². The van der Waals surface area contributed by atoms with E-state index in [4.69, 9.17) is 0 Å². The molecule has 5 heteroatoms. The number of rotatable bonds is 3. The number of benzene rings is 1. The molecule has 0 spiro atoms. The Morgan fingerprint density at radius 2 is 1.75 bits per heavy atom. The predicted octanol–water partition coefficient (Wildman–Crippen LogP) is 2.37. The van der Waals surface area contributed by atoms with Crippen molar-refractivity contribution < 1.29 is 8.78 Å². The van der Waals surface area contributed by atoms with Crippen molar-refractivity contribution in [3.05, 3.63) is 53.9 Å². The van der Waals surface area contributed by atoms with Crippen molar-refractivity contribution in [1.29, 1.82) is 0 Å². The van der Waals surface area contributed by atoms with Crippen LogP contribution < -0.4 is 5.32 Å². The first-order valence-corrected chi connectivity index (χ1v) is 4.70. The summed E-state index contributed by atoms with van der Waals surface area (Å²) in [5.74, 6) is -0.529. The van der Waals surface area contributed by atoms with Gasteiger partial charge in [-0.25, -0.2) is 18.7 Å². The lowest BCUT2D eigenvalue weighted by Crippen LogP contribution is -2.04. The molecule has 0 saturated heterocycles. The molecule has 0 aliphatic rings. The van der Waals surface area contributed by atoms with E-state index in [1.807, 2.05) is 0 Å². The SMILES string of the molecule is Fc1cnc(NCc2ccccc2F)nc1. The molecule has 0 amide bonds. The molecule has 2 aromatic rings. The van der Waals surface area contributed by atoms with Crippen molar-refractivity contribution in [2.45, 2.75) is 6.54 Å². The van der Waals surface area contributed by atoms with Gasteiger partial charge < -0.3 is 5.32 Å². The van der Waals surface area contributed by atoms with Gasteiger partial charge in [0, 0.05) is 12.1 Å². The second kappa shape index (κ2) is 4.65. The average Bonchev–Trinajstić information content (AvgIpc) is 2.30. The Bertz CT molecular complexity index is 471. The van der Waals surface area contributed by atoms with Gasteiger partial charge in [0.1, 0.15) is 5.82 Å². The number of nitrogens with one attached hydrogen (secondary N) is 1. The van der Waals surface area contributed by atoms with Crippen LogP contribution in [0.5, 0.6) is 0 Å². The van der Waals surface area contributed by atoms with Crippen LogP contribution in [0.1, 0.15) is 5.56 Å². The molecular formula is C11H9F2N3. The first-order chi connectivity index (χ1) is 7.75. The van der Waals surface area contributed by atoms with Crippen molar-refractivity contribution in [3.8, 4) is 0 Å². The molecule has 0 atom stereocenters. The molecule has 2 rings (SSSR count). The summed E-state index contributed by atoms with van der Waals surface area (Å²) in [6, 6.07) is 6.40. The Morgan fingerprint density at radius 1 is 1.06 bits per heavy atom. The molecule has 0 unspecified atom stereocenters. The molecule has 1 N–H and O–H groups in total. The van der Waals surface area contributed by atoms with Crippen LogP contribution >= 0.6 is 0 Å². The van der Waals surface area contributed by atoms with Crippen LogP contribution in [0.3, 0.4) is 0 Å². The zero-order chi connectivity index (χ0) is 11.4. The lowest BCUT2D eigenvalue weighted by atomic mass is 10.2. The normalized spacial score (nSPS) is 10.1. The highest BCUT2D eigenvalue weighted by Crippen LogP contribution is 2.08. The molecule has 1 aromatic carbocycles. The van der Waals surface area contributed by atoms with Gasteiger partial charge in [-0.05, 0) is 6.07 Å². The predicted molar refractivity (Wildman–Crippen MR) is 55.7 cm³/mol. The highest BCUT2D eigenvalue weighted by molar-refractivity contribution is 5.27. The van der Waals surface area contributed by atoms with Crippen molar-refractivity contribution in [2.75, 3.05) is 5.32 Å². The third-order valence-electron chi connectivity index (χ3n) is 2.02. The van der Waals surface area contributed by atoms with Gasteiger partial charge >= 0.3 is 0 Å². The van der Waals surface area contributed by atoms with Gasteiger partial charge in [-0.2, -0.15) is 0 Å². The van der Waals surface area contributed by atoms with Gasteiger partial charge in [-0.15, -0.1) is 0 Å². The first-order valence-electron chi connectivity index (χ1n) is 4.70. The summed E-state index contributed by atoms with van der Waals surface area (Å²) >= 11 is 0. The van der Waals surface area contributed by atoms with Crippen LogP contribution in [-0.2, 0) is 6.54 Å². The minimum absolute atomic E-state index is 0.262. The Morgan fingerprint density at radius 3 is 2.44 bits per heavy atom. The molecule has 1 heterocycles. The van der Waals surface area contributed by atoms with Crippen LogP contribution in [0.4, 0.5) is 14.7 Å². The number of halogens is 2. The molecular weight excluding hydrogens is 212 g/mol. The molecule has 0 fully saturated rings. The lowest BCUT2D eigenvalue weighted by molar-refractivity contribution is 0.609. The maximum atomic E-state index is 13.2. The van der Waals surface area contributed by atoms with Crippen LogP contribution in [0, 0.1) is 11.6 Å².